The fraction of sp³-hybridized carbons (Fsp3) is 0.533. The van der Waals surface area contributed by atoms with Gasteiger partial charge < -0.3 is 15.2 Å². The van der Waals surface area contributed by atoms with Crippen molar-refractivity contribution in [2.24, 2.45) is 11.3 Å². The molecule has 0 heterocycles. The lowest BCUT2D eigenvalue weighted by Crippen LogP contribution is -2.24. The molecule has 0 aliphatic heterocycles. The van der Waals surface area contributed by atoms with E-state index in [1.54, 1.807) is 24.3 Å². The Balaban J connectivity index is 1.70. The molecule has 104 valence electrons. The van der Waals surface area contributed by atoms with Gasteiger partial charge in [0.15, 0.2) is 0 Å². The van der Waals surface area contributed by atoms with Crippen molar-refractivity contribution >= 4 is 5.97 Å². The van der Waals surface area contributed by atoms with Crippen LogP contribution in [0.3, 0.4) is 0 Å². The molecule has 0 amide bonds. The Labute approximate surface area is 113 Å². The van der Waals surface area contributed by atoms with Crippen molar-refractivity contribution in [2.45, 2.75) is 20.3 Å². The Morgan fingerprint density at radius 3 is 2.79 bits per heavy atom. The molecule has 4 nitrogen and oxygen atoms in total. The summed E-state index contributed by atoms with van der Waals surface area (Å²) in [6, 6.07) is 6.72. The predicted octanol–water partition coefficient (Wildman–Crippen LogP) is 2.40. The van der Waals surface area contributed by atoms with Crippen molar-refractivity contribution in [3.8, 4) is 5.75 Å². The van der Waals surface area contributed by atoms with Crippen molar-refractivity contribution in [1.29, 1.82) is 0 Å². The van der Waals surface area contributed by atoms with E-state index in [4.69, 9.17) is 9.84 Å². The van der Waals surface area contributed by atoms with Crippen LogP contribution in [0.2, 0.25) is 0 Å². The molecule has 2 rings (SSSR count). The second-order valence-electron chi connectivity index (χ2n) is 5.74. The first-order chi connectivity index (χ1) is 9.00. The number of carboxylic acids is 1. The number of nitrogens with one attached hydrogen (secondary N) is 1. The standard InChI is InChI=1S/C15H21NO3/c1-15(2)9-11(15)10-16-7-8-19-13-6-4-3-5-12(13)14(17)18/h3-6,11,16H,7-10H2,1-2H3,(H,17,18). The van der Waals surface area contributed by atoms with Crippen LogP contribution in [0.1, 0.15) is 30.6 Å². The molecule has 0 radical (unpaired) electrons. The molecule has 0 saturated heterocycles. The molecule has 1 aliphatic carbocycles. The summed E-state index contributed by atoms with van der Waals surface area (Å²) in [6.45, 7) is 6.78. The summed E-state index contributed by atoms with van der Waals surface area (Å²) < 4.78 is 5.51. The van der Waals surface area contributed by atoms with Crippen LogP contribution < -0.4 is 10.1 Å². The lowest BCUT2D eigenvalue weighted by Gasteiger charge is -2.10. The van der Waals surface area contributed by atoms with Gasteiger partial charge in [-0.2, -0.15) is 0 Å². The molecule has 1 aliphatic rings. The molecule has 0 bridgehead atoms. The lowest BCUT2D eigenvalue weighted by atomic mass is 10.1. The number of para-hydroxylation sites is 1. The van der Waals surface area contributed by atoms with Crippen LogP contribution in [0.5, 0.6) is 5.75 Å². The highest BCUT2D eigenvalue weighted by atomic mass is 16.5. The largest absolute Gasteiger partial charge is 0.491 e. The maximum Gasteiger partial charge on any atom is 0.339 e. The average molecular weight is 263 g/mol. The van der Waals surface area contributed by atoms with Crippen molar-refractivity contribution < 1.29 is 14.6 Å². The second kappa shape index (κ2) is 5.61. The highest BCUT2D eigenvalue weighted by molar-refractivity contribution is 5.90. The van der Waals surface area contributed by atoms with Crippen molar-refractivity contribution in [3.05, 3.63) is 29.8 Å². The molecular weight excluding hydrogens is 242 g/mol. The van der Waals surface area contributed by atoms with Gasteiger partial charge in [-0.05, 0) is 36.4 Å². The van der Waals surface area contributed by atoms with Crippen LogP contribution in [0.25, 0.3) is 0 Å². The van der Waals surface area contributed by atoms with Gasteiger partial charge in [0.2, 0.25) is 0 Å². The van der Waals surface area contributed by atoms with Crippen LogP contribution in [-0.2, 0) is 0 Å². The van der Waals surface area contributed by atoms with Gasteiger partial charge >= 0.3 is 5.97 Å². The van der Waals surface area contributed by atoms with Crippen LogP contribution in [-0.4, -0.2) is 30.8 Å². The highest BCUT2D eigenvalue weighted by Gasteiger charge is 2.44. The Hall–Kier alpha value is -1.55. The first-order valence-corrected chi connectivity index (χ1v) is 6.66. The lowest BCUT2D eigenvalue weighted by molar-refractivity contribution is 0.0692. The molecule has 1 unspecified atom stereocenters. The first kappa shape index (κ1) is 13.9. The van der Waals surface area contributed by atoms with Crippen LogP contribution in [0.15, 0.2) is 24.3 Å². The Kier molecular flexibility index (Phi) is 4.10. The number of benzene rings is 1. The van der Waals surface area contributed by atoms with E-state index < -0.39 is 5.97 Å². The van der Waals surface area contributed by atoms with E-state index in [-0.39, 0.29) is 5.56 Å². The molecule has 1 aromatic carbocycles. The van der Waals surface area contributed by atoms with Crippen LogP contribution in [0.4, 0.5) is 0 Å². The molecular formula is C15H21NO3. The topological polar surface area (TPSA) is 58.6 Å². The minimum Gasteiger partial charge on any atom is -0.491 e. The van der Waals surface area contributed by atoms with Gasteiger partial charge in [0.1, 0.15) is 17.9 Å². The summed E-state index contributed by atoms with van der Waals surface area (Å²) >= 11 is 0. The van der Waals surface area contributed by atoms with Gasteiger partial charge in [-0.3, -0.25) is 0 Å². The summed E-state index contributed by atoms with van der Waals surface area (Å²) in [5, 5.41) is 12.4. The maximum atomic E-state index is 11.0. The smallest absolute Gasteiger partial charge is 0.339 e. The summed E-state index contributed by atoms with van der Waals surface area (Å²) in [6.07, 6.45) is 1.28. The second-order valence-corrected chi connectivity index (χ2v) is 5.74. The van der Waals surface area contributed by atoms with E-state index in [2.05, 4.69) is 19.2 Å². The summed E-state index contributed by atoms with van der Waals surface area (Å²) in [4.78, 5) is 11.0. The molecule has 19 heavy (non-hydrogen) atoms. The maximum absolute atomic E-state index is 11.0. The average Bonchev–Trinajstić information content (AvgIpc) is 2.97. The number of carboxylic acid groups (broad SMARTS) is 1. The SMILES string of the molecule is CC1(C)CC1CNCCOc1ccccc1C(=O)O. The fourth-order valence-corrected chi connectivity index (χ4v) is 2.20. The minimum atomic E-state index is -0.955. The van der Waals surface area contributed by atoms with Crippen LogP contribution >= 0.6 is 0 Å². The quantitative estimate of drug-likeness (QED) is 0.742. The molecule has 1 aromatic rings. The first-order valence-electron chi connectivity index (χ1n) is 6.66. The van der Waals surface area contributed by atoms with E-state index >= 15 is 0 Å². The molecule has 1 saturated carbocycles. The van der Waals surface area contributed by atoms with Gasteiger partial charge in [-0.1, -0.05) is 26.0 Å². The highest BCUT2D eigenvalue weighted by Crippen LogP contribution is 2.50. The third-order valence-electron chi connectivity index (χ3n) is 3.76. The number of hydrogen-bond donors (Lipinski definition) is 2. The Morgan fingerprint density at radius 1 is 1.47 bits per heavy atom. The zero-order valence-electron chi connectivity index (χ0n) is 11.5. The zero-order valence-corrected chi connectivity index (χ0v) is 11.5. The number of carbonyl (C=O) groups is 1. The van der Waals surface area contributed by atoms with Crippen molar-refractivity contribution in [1.82, 2.24) is 5.32 Å². The van der Waals surface area contributed by atoms with E-state index in [0.717, 1.165) is 19.0 Å². The van der Waals surface area contributed by atoms with E-state index in [1.165, 1.54) is 6.42 Å². The van der Waals surface area contributed by atoms with Gasteiger partial charge in [-0.15, -0.1) is 0 Å². The minimum absolute atomic E-state index is 0.214. The van der Waals surface area contributed by atoms with E-state index in [1.807, 2.05) is 0 Å². The van der Waals surface area contributed by atoms with Crippen LogP contribution in [0, 0.1) is 11.3 Å². The summed E-state index contributed by atoms with van der Waals surface area (Å²) in [5.74, 6) is 0.241. The summed E-state index contributed by atoms with van der Waals surface area (Å²) in [7, 11) is 0. The zero-order chi connectivity index (χ0) is 13.9. The van der Waals surface area contributed by atoms with Gasteiger partial charge in [0.05, 0.1) is 0 Å². The number of rotatable bonds is 7. The molecule has 0 aromatic heterocycles. The number of hydrogen-bond acceptors (Lipinski definition) is 3. The van der Waals surface area contributed by atoms with Gasteiger partial charge in [0.25, 0.3) is 0 Å². The molecule has 1 atom stereocenters. The molecule has 0 spiro atoms. The normalized spacial score (nSPS) is 20.0. The number of aromatic carboxylic acids is 1. The number of ether oxygens (including phenoxy) is 1. The predicted molar refractivity (Wildman–Crippen MR) is 73.7 cm³/mol. The van der Waals surface area contributed by atoms with E-state index in [9.17, 15) is 4.79 Å². The van der Waals surface area contributed by atoms with Crippen molar-refractivity contribution in [3.63, 3.8) is 0 Å². The Morgan fingerprint density at radius 2 is 2.16 bits per heavy atom. The molecule has 2 N–H and O–H groups in total. The third kappa shape index (κ3) is 3.70. The third-order valence-corrected chi connectivity index (χ3v) is 3.76. The Bertz CT molecular complexity index is 456. The molecule has 1 fully saturated rings. The fourth-order valence-electron chi connectivity index (χ4n) is 2.20. The summed E-state index contributed by atoms with van der Waals surface area (Å²) in [5.41, 5.74) is 0.704. The van der Waals surface area contributed by atoms with Gasteiger partial charge in [-0.25, -0.2) is 4.79 Å². The molecule has 4 heteroatoms. The van der Waals surface area contributed by atoms with Gasteiger partial charge in [0, 0.05) is 6.54 Å². The monoisotopic (exact) mass is 263 g/mol. The van der Waals surface area contributed by atoms with Crippen molar-refractivity contribution in [2.75, 3.05) is 19.7 Å². The van der Waals surface area contributed by atoms with E-state index in [0.29, 0.717) is 17.8 Å².